The first-order chi connectivity index (χ1) is 14.2. The summed E-state index contributed by atoms with van der Waals surface area (Å²) in [5, 5.41) is 1.30. The zero-order valence-corrected chi connectivity index (χ0v) is 17.8. The molecule has 4 nitrogen and oxygen atoms in total. The second-order valence-electron chi connectivity index (χ2n) is 7.86. The predicted octanol–water partition coefficient (Wildman–Crippen LogP) is 5.03. The largest absolute Gasteiger partial charge is 0.353 e. The van der Waals surface area contributed by atoms with Gasteiger partial charge in [0.15, 0.2) is 0 Å². The van der Waals surface area contributed by atoms with Gasteiger partial charge in [-0.15, -0.1) is 11.3 Å². The number of rotatable bonds is 2. The van der Waals surface area contributed by atoms with Crippen molar-refractivity contribution in [2.75, 3.05) is 38.1 Å². The SMILES string of the molecule is Cc1cc2c(s1)N(Cc1ccccc1)c1ccccc1N=C2N1CCN(C)CC1. The molecule has 0 radical (unpaired) electrons. The van der Waals surface area contributed by atoms with Gasteiger partial charge in [0.1, 0.15) is 10.8 Å². The molecule has 0 bridgehead atoms. The summed E-state index contributed by atoms with van der Waals surface area (Å²) in [6, 6.07) is 21.6. The number of aliphatic imine (C=N–C) groups is 1. The number of fused-ring (bicyclic) bond motifs is 2. The molecule has 0 amide bonds. The molecule has 5 rings (SSSR count). The Hall–Kier alpha value is -2.63. The minimum atomic E-state index is 0.844. The highest BCUT2D eigenvalue weighted by Gasteiger charge is 2.29. The highest BCUT2D eigenvalue weighted by atomic mass is 32.1. The van der Waals surface area contributed by atoms with Crippen LogP contribution in [0, 0.1) is 6.92 Å². The third-order valence-electron chi connectivity index (χ3n) is 5.71. The van der Waals surface area contributed by atoms with Gasteiger partial charge in [-0.1, -0.05) is 42.5 Å². The van der Waals surface area contributed by atoms with E-state index < -0.39 is 0 Å². The van der Waals surface area contributed by atoms with E-state index in [2.05, 4.69) is 89.3 Å². The molecule has 148 valence electrons. The molecule has 0 unspecified atom stereocenters. The first kappa shape index (κ1) is 18.4. The molecule has 0 spiro atoms. The fraction of sp³-hybridized carbons (Fsp3) is 0.292. The zero-order chi connectivity index (χ0) is 19.8. The van der Waals surface area contributed by atoms with Crippen molar-refractivity contribution in [3.63, 3.8) is 0 Å². The maximum atomic E-state index is 5.22. The Labute approximate surface area is 176 Å². The molecule has 2 aliphatic rings. The van der Waals surface area contributed by atoms with Crippen LogP contribution >= 0.6 is 11.3 Å². The van der Waals surface area contributed by atoms with Crippen molar-refractivity contribution < 1.29 is 0 Å². The van der Waals surface area contributed by atoms with Crippen molar-refractivity contribution in [3.05, 3.63) is 76.7 Å². The third kappa shape index (κ3) is 3.56. The Balaban J connectivity index is 1.63. The summed E-state index contributed by atoms with van der Waals surface area (Å²) in [5.74, 6) is 1.13. The molecule has 0 aliphatic carbocycles. The summed E-state index contributed by atoms with van der Waals surface area (Å²) in [4.78, 5) is 13.9. The van der Waals surface area contributed by atoms with Gasteiger partial charge in [-0.2, -0.15) is 0 Å². The number of benzene rings is 2. The molecule has 3 heterocycles. The van der Waals surface area contributed by atoms with Crippen LogP contribution in [0.15, 0.2) is 65.7 Å². The summed E-state index contributed by atoms with van der Waals surface area (Å²) >= 11 is 1.87. The average Bonchev–Trinajstić information content (AvgIpc) is 3.08. The smallest absolute Gasteiger partial charge is 0.139 e. The van der Waals surface area contributed by atoms with Crippen LogP contribution in [-0.4, -0.2) is 48.9 Å². The number of amidine groups is 1. The van der Waals surface area contributed by atoms with Gasteiger partial charge < -0.3 is 14.7 Å². The van der Waals surface area contributed by atoms with Crippen molar-refractivity contribution >= 4 is 33.5 Å². The maximum Gasteiger partial charge on any atom is 0.139 e. The first-order valence-electron chi connectivity index (χ1n) is 10.2. The molecular weight excluding hydrogens is 376 g/mol. The van der Waals surface area contributed by atoms with Gasteiger partial charge in [0, 0.05) is 37.6 Å². The van der Waals surface area contributed by atoms with E-state index >= 15 is 0 Å². The number of piperazine rings is 1. The molecule has 1 fully saturated rings. The zero-order valence-electron chi connectivity index (χ0n) is 17.0. The molecule has 5 heteroatoms. The number of likely N-dealkylation sites (N-methyl/N-ethyl adjacent to an activating group) is 1. The van der Waals surface area contributed by atoms with E-state index in [1.807, 2.05) is 11.3 Å². The fourth-order valence-corrected chi connectivity index (χ4v) is 5.13. The lowest BCUT2D eigenvalue weighted by molar-refractivity contribution is 0.216. The number of hydrogen-bond acceptors (Lipinski definition) is 5. The highest BCUT2D eigenvalue weighted by Crippen LogP contribution is 2.44. The quantitative estimate of drug-likeness (QED) is 0.600. The minimum absolute atomic E-state index is 0.844. The number of aryl methyl sites for hydroxylation is 1. The van der Waals surface area contributed by atoms with Gasteiger partial charge in [0.2, 0.25) is 0 Å². The number of thiophene rings is 1. The molecule has 0 N–H and O–H groups in total. The Morgan fingerprint density at radius 2 is 1.66 bits per heavy atom. The number of para-hydroxylation sites is 2. The fourth-order valence-electron chi connectivity index (χ4n) is 4.12. The normalized spacial score (nSPS) is 16.8. The van der Waals surface area contributed by atoms with Crippen molar-refractivity contribution in [3.8, 4) is 0 Å². The van der Waals surface area contributed by atoms with E-state index in [4.69, 9.17) is 4.99 Å². The Kier molecular flexibility index (Phi) is 4.86. The number of nitrogens with zero attached hydrogens (tertiary/aromatic N) is 4. The molecule has 3 aromatic rings. The van der Waals surface area contributed by atoms with Gasteiger partial charge in [0.25, 0.3) is 0 Å². The first-order valence-corrected chi connectivity index (χ1v) is 11.0. The van der Waals surface area contributed by atoms with Crippen LogP contribution in [0.5, 0.6) is 0 Å². The Morgan fingerprint density at radius 1 is 0.931 bits per heavy atom. The van der Waals surface area contributed by atoms with Crippen molar-refractivity contribution in [2.45, 2.75) is 13.5 Å². The predicted molar refractivity (Wildman–Crippen MR) is 123 cm³/mol. The summed E-state index contributed by atoms with van der Waals surface area (Å²) in [5.41, 5.74) is 4.81. The number of hydrogen-bond donors (Lipinski definition) is 0. The molecular formula is C24H26N4S. The molecule has 2 aliphatic heterocycles. The molecule has 1 aromatic heterocycles. The molecule has 1 saturated heterocycles. The van der Waals surface area contributed by atoms with Crippen molar-refractivity contribution in [2.24, 2.45) is 4.99 Å². The average molecular weight is 403 g/mol. The molecule has 2 aromatic carbocycles. The van der Waals surface area contributed by atoms with Crippen LogP contribution in [0.1, 0.15) is 16.0 Å². The monoisotopic (exact) mass is 402 g/mol. The van der Waals surface area contributed by atoms with E-state index in [0.29, 0.717) is 0 Å². The molecule has 0 saturated carbocycles. The Morgan fingerprint density at radius 3 is 2.45 bits per heavy atom. The lowest BCUT2D eigenvalue weighted by Gasteiger charge is -2.34. The summed E-state index contributed by atoms with van der Waals surface area (Å²) in [7, 11) is 2.20. The van der Waals surface area contributed by atoms with E-state index in [9.17, 15) is 0 Å². The van der Waals surface area contributed by atoms with Crippen molar-refractivity contribution in [1.82, 2.24) is 9.80 Å². The highest BCUT2D eigenvalue weighted by molar-refractivity contribution is 7.16. The van der Waals surface area contributed by atoms with Crippen LogP contribution in [0.2, 0.25) is 0 Å². The standard InChI is InChI=1S/C24H26N4S/c1-18-16-20-23(27-14-12-26(2)13-15-27)25-21-10-6-7-11-22(21)28(24(20)29-18)17-19-8-4-3-5-9-19/h3-11,16H,12-15,17H2,1-2H3. The van der Waals surface area contributed by atoms with E-state index in [1.165, 1.54) is 26.7 Å². The lowest BCUT2D eigenvalue weighted by atomic mass is 10.1. The van der Waals surface area contributed by atoms with Gasteiger partial charge in [-0.3, -0.25) is 0 Å². The van der Waals surface area contributed by atoms with Gasteiger partial charge >= 0.3 is 0 Å². The van der Waals surface area contributed by atoms with Crippen LogP contribution in [-0.2, 0) is 6.54 Å². The van der Waals surface area contributed by atoms with Gasteiger partial charge in [-0.05, 0) is 37.7 Å². The second kappa shape index (κ2) is 7.65. The summed E-state index contributed by atoms with van der Waals surface area (Å²) < 4.78 is 0. The van der Waals surface area contributed by atoms with Crippen LogP contribution in [0.3, 0.4) is 0 Å². The van der Waals surface area contributed by atoms with Gasteiger partial charge in [0.05, 0.1) is 16.9 Å². The van der Waals surface area contributed by atoms with Gasteiger partial charge in [-0.25, -0.2) is 4.99 Å². The number of anilines is 2. The van der Waals surface area contributed by atoms with E-state index in [1.54, 1.807) is 0 Å². The molecule has 0 atom stereocenters. The molecule has 29 heavy (non-hydrogen) atoms. The topological polar surface area (TPSA) is 22.1 Å². The van der Waals surface area contributed by atoms with Crippen LogP contribution in [0.25, 0.3) is 0 Å². The van der Waals surface area contributed by atoms with Crippen LogP contribution in [0.4, 0.5) is 16.4 Å². The van der Waals surface area contributed by atoms with Crippen molar-refractivity contribution in [1.29, 1.82) is 0 Å². The lowest BCUT2D eigenvalue weighted by Crippen LogP contribution is -2.47. The summed E-state index contributed by atoms with van der Waals surface area (Å²) in [6.07, 6.45) is 0. The summed E-state index contributed by atoms with van der Waals surface area (Å²) in [6.45, 7) is 7.23. The third-order valence-corrected chi connectivity index (χ3v) is 6.78. The van der Waals surface area contributed by atoms with E-state index in [-0.39, 0.29) is 0 Å². The maximum absolute atomic E-state index is 5.22. The second-order valence-corrected chi connectivity index (χ2v) is 9.10. The van der Waals surface area contributed by atoms with E-state index in [0.717, 1.165) is 44.2 Å². The minimum Gasteiger partial charge on any atom is -0.353 e. The van der Waals surface area contributed by atoms with Crippen LogP contribution < -0.4 is 4.90 Å². The Bertz CT molecular complexity index is 1030.